The molecule has 1 aromatic rings. The number of hydrogen-bond acceptors (Lipinski definition) is 4. The fourth-order valence-electron chi connectivity index (χ4n) is 2.07. The Hall–Kier alpha value is -1.98. The van der Waals surface area contributed by atoms with Crippen molar-refractivity contribution in [3.8, 4) is 0 Å². The molecule has 1 aromatic heterocycles. The SMILES string of the molecule is CCC(CC)(C(=O)NCCc1ccco1)C(N)=NO. The van der Waals surface area contributed by atoms with E-state index in [4.69, 9.17) is 15.4 Å². The molecule has 0 unspecified atom stereocenters. The number of hydrogen-bond donors (Lipinski definition) is 3. The van der Waals surface area contributed by atoms with Gasteiger partial charge in [-0.2, -0.15) is 0 Å². The van der Waals surface area contributed by atoms with Crippen LogP contribution < -0.4 is 11.1 Å². The third-order valence-corrected chi connectivity index (χ3v) is 3.48. The molecule has 6 nitrogen and oxygen atoms in total. The van der Waals surface area contributed by atoms with Crippen LogP contribution in [0.4, 0.5) is 0 Å². The molecule has 0 fully saturated rings. The van der Waals surface area contributed by atoms with E-state index in [1.807, 2.05) is 19.9 Å². The number of furan rings is 1. The Morgan fingerprint density at radius 1 is 1.53 bits per heavy atom. The molecule has 0 radical (unpaired) electrons. The maximum absolute atomic E-state index is 12.2. The number of amides is 1. The van der Waals surface area contributed by atoms with Gasteiger partial charge in [0.1, 0.15) is 11.2 Å². The monoisotopic (exact) mass is 267 g/mol. The molecule has 0 aliphatic rings. The fourth-order valence-corrected chi connectivity index (χ4v) is 2.07. The van der Waals surface area contributed by atoms with E-state index >= 15 is 0 Å². The highest BCUT2D eigenvalue weighted by atomic mass is 16.4. The third-order valence-electron chi connectivity index (χ3n) is 3.48. The highest BCUT2D eigenvalue weighted by Crippen LogP contribution is 2.26. The van der Waals surface area contributed by atoms with Crippen molar-refractivity contribution >= 4 is 11.7 Å². The Kier molecular flexibility index (Phi) is 5.41. The van der Waals surface area contributed by atoms with Crippen LogP contribution in [0.3, 0.4) is 0 Å². The maximum Gasteiger partial charge on any atom is 0.233 e. The summed E-state index contributed by atoms with van der Waals surface area (Å²) in [5.74, 6) is 0.537. The van der Waals surface area contributed by atoms with Crippen molar-refractivity contribution < 1.29 is 14.4 Å². The first-order valence-corrected chi connectivity index (χ1v) is 6.39. The summed E-state index contributed by atoms with van der Waals surface area (Å²) in [6.07, 6.45) is 3.16. The summed E-state index contributed by atoms with van der Waals surface area (Å²) in [7, 11) is 0. The second-order valence-corrected chi connectivity index (χ2v) is 4.36. The zero-order valence-corrected chi connectivity index (χ0v) is 11.3. The summed E-state index contributed by atoms with van der Waals surface area (Å²) in [6, 6.07) is 3.65. The van der Waals surface area contributed by atoms with Gasteiger partial charge in [-0.15, -0.1) is 0 Å². The molecule has 0 aliphatic carbocycles. The topological polar surface area (TPSA) is 101 Å². The summed E-state index contributed by atoms with van der Waals surface area (Å²) >= 11 is 0. The van der Waals surface area contributed by atoms with Crippen molar-refractivity contribution in [3.05, 3.63) is 24.2 Å². The summed E-state index contributed by atoms with van der Waals surface area (Å²) in [5.41, 5.74) is 4.71. The standard InChI is InChI=1S/C13H21N3O3/c1-3-13(4-2,11(14)16-18)12(17)15-8-7-10-6-5-9-19-10/h5-6,9,18H,3-4,7-8H2,1-2H3,(H2,14,16)(H,15,17). The minimum absolute atomic E-state index is 0.0481. The third kappa shape index (κ3) is 3.27. The number of amidine groups is 1. The number of nitrogens with zero attached hydrogens (tertiary/aromatic N) is 1. The summed E-state index contributed by atoms with van der Waals surface area (Å²) in [5, 5.41) is 14.6. The quantitative estimate of drug-likeness (QED) is 0.301. The smallest absolute Gasteiger partial charge is 0.233 e. The summed E-state index contributed by atoms with van der Waals surface area (Å²) in [4.78, 5) is 12.2. The molecule has 0 saturated carbocycles. The van der Waals surface area contributed by atoms with Gasteiger partial charge in [0.05, 0.1) is 6.26 Å². The molecule has 0 bridgehead atoms. The Labute approximate surface area is 112 Å². The summed E-state index contributed by atoms with van der Waals surface area (Å²) < 4.78 is 5.18. The molecular formula is C13H21N3O3. The highest BCUT2D eigenvalue weighted by Gasteiger charge is 2.39. The van der Waals surface area contributed by atoms with Gasteiger partial charge in [-0.3, -0.25) is 4.79 Å². The zero-order valence-electron chi connectivity index (χ0n) is 11.3. The number of carbonyl (C=O) groups is 1. The first-order valence-electron chi connectivity index (χ1n) is 6.39. The van der Waals surface area contributed by atoms with Crippen molar-refractivity contribution in [2.24, 2.45) is 16.3 Å². The molecule has 19 heavy (non-hydrogen) atoms. The van der Waals surface area contributed by atoms with Crippen molar-refractivity contribution in [1.29, 1.82) is 0 Å². The van der Waals surface area contributed by atoms with Crippen LogP contribution in [0.5, 0.6) is 0 Å². The van der Waals surface area contributed by atoms with Crippen LogP contribution in [-0.4, -0.2) is 23.5 Å². The van der Waals surface area contributed by atoms with Crippen LogP contribution in [0, 0.1) is 5.41 Å². The van der Waals surface area contributed by atoms with Gasteiger partial charge in [0.2, 0.25) is 5.91 Å². The van der Waals surface area contributed by atoms with E-state index in [9.17, 15) is 4.79 Å². The van der Waals surface area contributed by atoms with E-state index in [-0.39, 0.29) is 11.7 Å². The van der Waals surface area contributed by atoms with Gasteiger partial charge in [-0.1, -0.05) is 19.0 Å². The van der Waals surface area contributed by atoms with E-state index in [2.05, 4.69) is 10.5 Å². The minimum Gasteiger partial charge on any atom is -0.469 e. The molecule has 1 rings (SSSR count). The van der Waals surface area contributed by atoms with Gasteiger partial charge in [0, 0.05) is 13.0 Å². The molecule has 1 heterocycles. The van der Waals surface area contributed by atoms with Crippen molar-refractivity contribution in [3.63, 3.8) is 0 Å². The predicted octanol–water partition coefficient (Wildman–Crippen LogP) is 1.49. The lowest BCUT2D eigenvalue weighted by Crippen LogP contribution is -2.49. The number of nitrogens with one attached hydrogen (secondary N) is 1. The fraction of sp³-hybridized carbons (Fsp3) is 0.538. The van der Waals surface area contributed by atoms with E-state index in [1.165, 1.54) is 0 Å². The lowest BCUT2D eigenvalue weighted by molar-refractivity contribution is -0.128. The van der Waals surface area contributed by atoms with Crippen molar-refractivity contribution in [2.45, 2.75) is 33.1 Å². The molecule has 0 saturated heterocycles. The van der Waals surface area contributed by atoms with Gasteiger partial charge >= 0.3 is 0 Å². The van der Waals surface area contributed by atoms with Crippen LogP contribution in [0.15, 0.2) is 28.0 Å². The number of rotatable bonds is 7. The maximum atomic E-state index is 12.2. The largest absolute Gasteiger partial charge is 0.469 e. The lowest BCUT2D eigenvalue weighted by Gasteiger charge is -2.28. The molecule has 0 spiro atoms. The van der Waals surface area contributed by atoms with Gasteiger partial charge in [-0.05, 0) is 25.0 Å². The van der Waals surface area contributed by atoms with Crippen molar-refractivity contribution in [2.75, 3.05) is 6.54 Å². The Bertz CT molecular complexity index is 422. The highest BCUT2D eigenvalue weighted by molar-refractivity contribution is 6.06. The second kappa shape index (κ2) is 6.82. The van der Waals surface area contributed by atoms with Gasteiger partial charge in [0.15, 0.2) is 5.84 Å². The second-order valence-electron chi connectivity index (χ2n) is 4.36. The van der Waals surface area contributed by atoms with E-state index in [1.54, 1.807) is 12.3 Å². The normalized spacial score (nSPS) is 12.4. The van der Waals surface area contributed by atoms with Crippen LogP contribution in [-0.2, 0) is 11.2 Å². The minimum atomic E-state index is -0.947. The van der Waals surface area contributed by atoms with Crippen LogP contribution in [0.25, 0.3) is 0 Å². The number of nitrogens with two attached hydrogens (primary N) is 1. The van der Waals surface area contributed by atoms with Crippen LogP contribution in [0.1, 0.15) is 32.4 Å². The predicted molar refractivity (Wildman–Crippen MR) is 71.8 cm³/mol. The molecule has 4 N–H and O–H groups in total. The summed E-state index contributed by atoms with van der Waals surface area (Å²) in [6.45, 7) is 4.13. The molecular weight excluding hydrogens is 246 g/mol. The number of carbonyl (C=O) groups excluding carboxylic acids is 1. The average Bonchev–Trinajstić information content (AvgIpc) is 2.93. The van der Waals surface area contributed by atoms with Crippen molar-refractivity contribution in [1.82, 2.24) is 5.32 Å². The van der Waals surface area contributed by atoms with Gasteiger partial charge in [0.25, 0.3) is 0 Å². The molecule has 106 valence electrons. The van der Waals surface area contributed by atoms with E-state index in [0.717, 1.165) is 5.76 Å². The Morgan fingerprint density at radius 2 is 2.21 bits per heavy atom. The zero-order chi connectivity index (χ0) is 14.3. The molecule has 0 aromatic carbocycles. The molecule has 1 amide bonds. The Balaban J connectivity index is 2.63. The average molecular weight is 267 g/mol. The first kappa shape index (κ1) is 15.1. The lowest BCUT2D eigenvalue weighted by atomic mass is 9.80. The number of oxime groups is 1. The molecule has 0 aliphatic heterocycles. The van der Waals surface area contributed by atoms with Crippen LogP contribution in [0.2, 0.25) is 0 Å². The van der Waals surface area contributed by atoms with Gasteiger partial charge in [-0.25, -0.2) is 0 Å². The molecule has 0 atom stereocenters. The van der Waals surface area contributed by atoms with Crippen LogP contribution >= 0.6 is 0 Å². The van der Waals surface area contributed by atoms with E-state index in [0.29, 0.717) is 25.8 Å². The van der Waals surface area contributed by atoms with Gasteiger partial charge < -0.3 is 20.7 Å². The Morgan fingerprint density at radius 3 is 2.68 bits per heavy atom. The first-order chi connectivity index (χ1) is 9.10. The molecule has 6 heteroatoms. The van der Waals surface area contributed by atoms with E-state index < -0.39 is 5.41 Å².